The molecule has 2 saturated carbocycles. The molecule has 1 spiro atoms. The lowest BCUT2D eigenvalue weighted by atomic mass is 9.81. The quantitative estimate of drug-likeness (QED) is 0.844. The first kappa shape index (κ1) is 14.8. The number of nitrogens with one attached hydrogen (secondary N) is 1. The van der Waals surface area contributed by atoms with Gasteiger partial charge in [-0.05, 0) is 63.6 Å². The average Bonchev–Trinajstić information content (AvgIpc) is 2.79. The van der Waals surface area contributed by atoms with Gasteiger partial charge >= 0.3 is 0 Å². The molecule has 0 aromatic rings. The van der Waals surface area contributed by atoms with Crippen LogP contribution in [0.4, 0.5) is 0 Å². The van der Waals surface area contributed by atoms with Gasteiger partial charge in [0.25, 0.3) is 0 Å². The molecule has 1 saturated heterocycles. The van der Waals surface area contributed by atoms with E-state index >= 15 is 0 Å². The van der Waals surface area contributed by atoms with E-state index in [-0.39, 0.29) is 0 Å². The summed E-state index contributed by atoms with van der Waals surface area (Å²) in [5.74, 6) is 2.01. The van der Waals surface area contributed by atoms with Crippen LogP contribution >= 0.6 is 0 Å². The normalized spacial score (nSPS) is 35.2. The summed E-state index contributed by atoms with van der Waals surface area (Å²) >= 11 is 0. The Morgan fingerprint density at radius 1 is 1.10 bits per heavy atom. The molecule has 2 heteroatoms. The van der Waals surface area contributed by atoms with Crippen LogP contribution in [0.15, 0.2) is 0 Å². The van der Waals surface area contributed by atoms with E-state index in [2.05, 4.69) is 17.1 Å². The third-order valence-electron chi connectivity index (χ3n) is 6.14. The highest BCUT2D eigenvalue weighted by Gasteiger charge is 2.36. The second-order valence-electron chi connectivity index (χ2n) is 7.97. The van der Waals surface area contributed by atoms with Crippen LogP contribution in [0, 0.1) is 11.8 Å². The molecule has 1 aliphatic heterocycles. The van der Waals surface area contributed by atoms with E-state index in [1.54, 1.807) is 0 Å². The Kier molecular flexibility index (Phi) is 5.04. The SMILES string of the molecule is CC1CCCC(CCN2CCCNC3(CCCC3)C2)C1. The minimum atomic E-state index is 0.496. The van der Waals surface area contributed by atoms with Crippen LogP contribution in [-0.4, -0.2) is 36.6 Å². The van der Waals surface area contributed by atoms with Gasteiger partial charge in [-0.25, -0.2) is 0 Å². The summed E-state index contributed by atoms with van der Waals surface area (Å²) in [7, 11) is 0. The van der Waals surface area contributed by atoms with E-state index in [1.807, 2.05) is 0 Å². The first-order valence-corrected chi connectivity index (χ1v) is 9.23. The highest BCUT2D eigenvalue weighted by molar-refractivity contribution is 4.96. The maximum absolute atomic E-state index is 3.89. The molecule has 20 heavy (non-hydrogen) atoms. The van der Waals surface area contributed by atoms with Gasteiger partial charge in [-0.15, -0.1) is 0 Å². The molecule has 0 radical (unpaired) electrons. The number of rotatable bonds is 3. The van der Waals surface area contributed by atoms with Gasteiger partial charge in [0.1, 0.15) is 0 Å². The fourth-order valence-corrected chi connectivity index (χ4v) is 4.98. The molecular weight excluding hydrogens is 244 g/mol. The molecule has 116 valence electrons. The highest BCUT2D eigenvalue weighted by Crippen LogP contribution is 2.33. The predicted molar refractivity (Wildman–Crippen MR) is 86.0 cm³/mol. The van der Waals surface area contributed by atoms with Crippen molar-refractivity contribution in [3.8, 4) is 0 Å². The van der Waals surface area contributed by atoms with E-state index in [0.717, 1.165) is 11.8 Å². The Balaban J connectivity index is 1.48. The fraction of sp³-hybridized carbons (Fsp3) is 1.00. The van der Waals surface area contributed by atoms with Crippen LogP contribution in [0.5, 0.6) is 0 Å². The molecule has 3 rings (SSSR count). The third-order valence-corrected chi connectivity index (χ3v) is 6.14. The minimum absolute atomic E-state index is 0.496. The lowest BCUT2D eigenvalue weighted by Gasteiger charge is -2.34. The number of nitrogens with zero attached hydrogens (tertiary/aromatic N) is 1. The van der Waals surface area contributed by atoms with Gasteiger partial charge in [0.15, 0.2) is 0 Å². The lowest BCUT2D eigenvalue weighted by Crippen LogP contribution is -2.49. The molecule has 2 unspecified atom stereocenters. The minimum Gasteiger partial charge on any atom is -0.310 e. The number of hydrogen-bond donors (Lipinski definition) is 1. The van der Waals surface area contributed by atoms with Crippen molar-refractivity contribution >= 4 is 0 Å². The maximum Gasteiger partial charge on any atom is 0.0308 e. The van der Waals surface area contributed by atoms with E-state index in [1.165, 1.54) is 90.4 Å². The molecule has 1 N–H and O–H groups in total. The molecule has 3 aliphatic rings. The van der Waals surface area contributed by atoms with Crippen molar-refractivity contribution in [3.63, 3.8) is 0 Å². The van der Waals surface area contributed by atoms with E-state index in [4.69, 9.17) is 0 Å². The summed E-state index contributed by atoms with van der Waals surface area (Å²) in [5, 5.41) is 3.89. The lowest BCUT2D eigenvalue weighted by molar-refractivity contribution is 0.181. The average molecular weight is 278 g/mol. The van der Waals surface area contributed by atoms with E-state index in [9.17, 15) is 0 Å². The molecule has 2 atom stereocenters. The first-order valence-electron chi connectivity index (χ1n) is 9.23. The Hall–Kier alpha value is -0.0800. The van der Waals surface area contributed by atoms with Gasteiger partial charge in [0.05, 0.1) is 0 Å². The monoisotopic (exact) mass is 278 g/mol. The van der Waals surface area contributed by atoms with Gasteiger partial charge in [-0.3, -0.25) is 0 Å². The second kappa shape index (κ2) is 6.79. The second-order valence-corrected chi connectivity index (χ2v) is 7.97. The van der Waals surface area contributed by atoms with Crippen LogP contribution in [0.2, 0.25) is 0 Å². The summed E-state index contributed by atoms with van der Waals surface area (Å²) in [6.07, 6.45) is 14.5. The smallest absolute Gasteiger partial charge is 0.0308 e. The maximum atomic E-state index is 3.89. The topological polar surface area (TPSA) is 15.3 Å². The highest BCUT2D eigenvalue weighted by atomic mass is 15.2. The van der Waals surface area contributed by atoms with Gasteiger partial charge in [-0.1, -0.05) is 39.0 Å². The van der Waals surface area contributed by atoms with Crippen molar-refractivity contribution in [1.29, 1.82) is 0 Å². The van der Waals surface area contributed by atoms with E-state index < -0.39 is 0 Å². The van der Waals surface area contributed by atoms with Crippen LogP contribution < -0.4 is 5.32 Å². The summed E-state index contributed by atoms with van der Waals surface area (Å²) in [4.78, 5) is 2.80. The molecule has 0 aromatic heterocycles. The molecule has 2 aliphatic carbocycles. The largest absolute Gasteiger partial charge is 0.310 e. The van der Waals surface area contributed by atoms with Crippen LogP contribution in [0.1, 0.15) is 71.1 Å². The molecule has 2 nitrogen and oxygen atoms in total. The van der Waals surface area contributed by atoms with Crippen molar-refractivity contribution in [1.82, 2.24) is 10.2 Å². The first-order chi connectivity index (χ1) is 9.76. The van der Waals surface area contributed by atoms with Crippen LogP contribution in [0.3, 0.4) is 0 Å². The standard InChI is InChI=1S/C18H34N2/c1-16-6-4-7-17(14-16)8-13-20-12-5-11-19-18(15-20)9-2-3-10-18/h16-17,19H,2-15H2,1H3. The molecule has 0 aromatic carbocycles. The predicted octanol–water partition coefficient (Wildman–Crippen LogP) is 3.81. The zero-order valence-corrected chi connectivity index (χ0v) is 13.5. The van der Waals surface area contributed by atoms with Gasteiger partial charge in [-0.2, -0.15) is 0 Å². The summed E-state index contributed by atoms with van der Waals surface area (Å²) in [6, 6.07) is 0. The van der Waals surface area contributed by atoms with Crippen molar-refractivity contribution < 1.29 is 0 Å². The molecular formula is C18H34N2. The summed E-state index contributed by atoms with van der Waals surface area (Å²) in [5.41, 5.74) is 0.496. The fourth-order valence-electron chi connectivity index (χ4n) is 4.98. The van der Waals surface area contributed by atoms with Gasteiger partial charge < -0.3 is 10.2 Å². The van der Waals surface area contributed by atoms with Crippen LogP contribution in [-0.2, 0) is 0 Å². The van der Waals surface area contributed by atoms with E-state index in [0.29, 0.717) is 5.54 Å². The number of hydrogen-bond acceptors (Lipinski definition) is 2. The zero-order chi connectivity index (χ0) is 13.8. The van der Waals surface area contributed by atoms with Crippen molar-refractivity contribution in [2.75, 3.05) is 26.2 Å². The van der Waals surface area contributed by atoms with Crippen molar-refractivity contribution in [2.24, 2.45) is 11.8 Å². The third kappa shape index (κ3) is 3.76. The Morgan fingerprint density at radius 3 is 2.75 bits per heavy atom. The molecule has 1 heterocycles. The summed E-state index contributed by atoms with van der Waals surface area (Å²) in [6.45, 7) is 7.72. The Labute approximate surface area is 125 Å². The molecule has 0 amide bonds. The van der Waals surface area contributed by atoms with Gasteiger partial charge in [0.2, 0.25) is 0 Å². The Morgan fingerprint density at radius 2 is 1.95 bits per heavy atom. The zero-order valence-electron chi connectivity index (χ0n) is 13.5. The molecule has 0 bridgehead atoms. The summed E-state index contributed by atoms with van der Waals surface area (Å²) < 4.78 is 0. The Bertz CT molecular complexity index is 296. The van der Waals surface area contributed by atoms with Crippen molar-refractivity contribution in [2.45, 2.75) is 76.7 Å². The molecule has 3 fully saturated rings. The van der Waals surface area contributed by atoms with Crippen LogP contribution in [0.25, 0.3) is 0 Å². The van der Waals surface area contributed by atoms with Crippen molar-refractivity contribution in [3.05, 3.63) is 0 Å². The van der Waals surface area contributed by atoms with Gasteiger partial charge in [0, 0.05) is 12.1 Å².